The van der Waals surface area contributed by atoms with Crippen LogP contribution >= 0.6 is 0 Å². The zero-order valence-electron chi connectivity index (χ0n) is 18.9. The van der Waals surface area contributed by atoms with Crippen LogP contribution in [0.1, 0.15) is 22.6 Å². The fourth-order valence-corrected chi connectivity index (χ4v) is 4.13. The predicted octanol–water partition coefficient (Wildman–Crippen LogP) is 4.59. The number of phenolic OH excluding ortho intramolecular Hbond substituents is 1. The van der Waals surface area contributed by atoms with Gasteiger partial charge in [0.1, 0.15) is 24.0 Å². The van der Waals surface area contributed by atoms with E-state index < -0.39 is 5.92 Å². The van der Waals surface area contributed by atoms with Crippen LogP contribution in [0.3, 0.4) is 0 Å². The summed E-state index contributed by atoms with van der Waals surface area (Å²) in [4.78, 5) is 0. The standard InChI is InChI=1S/C27H22N4O4/c1-33-22-13-18(9-12-21(22)32)23-20(14-28)26(29)35-27-24(23)25(30-31-27)17-7-10-19(11-8-17)34-15-16-5-3-2-4-6-16/h2-13,23,32H,15,29H2,1H3,(H,30,31)/t23-/m1/s1. The van der Waals surface area contributed by atoms with E-state index in [0.717, 1.165) is 16.9 Å². The quantitative estimate of drug-likeness (QED) is 0.379. The molecule has 3 aromatic carbocycles. The van der Waals surface area contributed by atoms with Gasteiger partial charge < -0.3 is 25.1 Å². The molecule has 8 nitrogen and oxygen atoms in total. The molecule has 4 N–H and O–H groups in total. The number of hydrogen-bond acceptors (Lipinski definition) is 7. The monoisotopic (exact) mass is 466 g/mol. The Labute approximate surface area is 201 Å². The van der Waals surface area contributed by atoms with Crippen LogP contribution in [-0.2, 0) is 6.61 Å². The first-order valence-electron chi connectivity index (χ1n) is 10.9. The smallest absolute Gasteiger partial charge is 0.244 e. The summed E-state index contributed by atoms with van der Waals surface area (Å²) in [5.41, 5.74) is 10.3. The van der Waals surface area contributed by atoms with Crippen molar-refractivity contribution >= 4 is 0 Å². The van der Waals surface area contributed by atoms with E-state index in [1.54, 1.807) is 12.1 Å². The third-order valence-electron chi connectivity index (χ3n) is 5.87. The number of allylic oxidation sites excluding steroid dienone is 1. The van der Waals surface area contributed by atoms with Crippen molar-refractivity contribution in [2.24, 2.45) is 5.73 Å². The number of ether oxygens (including phenoxy) is 3. The van der Waals surface area contributed by atoms with Crippen molar-refractivity contribution in [1.29, 1.82) is 5.26 Å². The van der Waals surface area contributed by atoms with Crippen LogP contribution in [0, 0.1) is 11.3 Å². The molecule has 1 aliphatic rings. The molecular weight excluding hydrogens is 444 g/mol. The molecule has 174 valence electrons. The number of phenols is 1. The van der Waals surface area contributed by atoms with E-state index in [2.05, 4.69) is 16.3 Å². The van der Waals surface area contributed by atoms with Crippen molar-refractivity contribution in [3.63, 3.8) is 0 Å². The lowest BCUT2D eigenvalue weighted by atomic mass is 9.83. The molecule has 0 amide bonds. The second-order valence-electron chi connectivity index (χ2n) is 7.97. The SMILES string of the molecule is COc1cc([C@@H]2C(C#N)=C(N)Oc3n[nH]c(-c4ccc(OCc5ccccc5)cc4)c32)ccc1O. The molecule has 0 bridgehead atoms. The van der Waals surface area contributed by atoms with Gasteiger partial charge >= 0.3 is 0 Å². The van der Waals surface area contributed by atoms with Gasteiger partial charge in [-0.05, 0) is 47.5 Å². The highest BCUT2D eigenvalue weighted by atomic mass is 16.5. The molecule has 5 rings (SSSR count). The van der Waals surface area contributed by atoms with Crippen LogP contribution in [0.5, 0.6) is 23.1 Å². The second-order valence-corrected chi connectivity index (χ2v) is 7.97. The van der Waals surface area contributed by atoms with E-state index in [0.29, 0.717) is 23.4 Å². The van der Waals surface area contributed by atoms with E-state index in [-0.39, 0.29) is 28.8 Å². The van der Waals surface area contributed by atoms with Gasteiger partial charge in [0.2, 0.25) is 11.8 Å². The number of benzene rings is 3. The molecule has 0 aliphatic carbocycles. The number of nitrogens with one attached hydrogen (secondary N) is 1. The number of methoxy groups -OCH3 is 1. The predicted molar refractivity (Wildman–Crippen MR) is 129 cm³/mol. The molecule has 1 aromatic heterocycles. The summed E-state index contributed by atoms with van der Waals surface area (Å²) in [7, 11) is 1.47. The zero-order valence-corrected chi connectivity index (χ0v) is 18.9. The molecule has 0 saturated carbocycles. The van der Waals surface area contributed by atoms with E-state index >= 15 is 0 Å². The third-order valence-corrected chi connectivity index (χ3v) is 5.87. The van der Waals surface area contributed by atoms with Crippen molar-refractivity contribution in [3.05, 3.63) is 101 Å². The summed E-state index contributed by atoms with van der Waals surface area (Å²) in [6.07, 6.45) is 0. The molecule has 4 aromatic rings. The number of aromatic hydroxyl groups is 1. The Kier molecular flexibility index (Phi) is 5.73. The van der Waals surface area contributed by atoms with Crippen LogP contribution in [-0.4, -0.2) is 22.4 Å². The fraction of sp³-hybridized carbons (Fsp3) is 0.111. The number of nitrogens with two attached hydrogens (primary N) is 1. The van der Waals surface area contributed by atoms with Gasteiger partial charge in [0.15, 0.2) is 11.5 Å². The zero-order chi connectivity index (χ0) is 24.4. The minimum absolute atomic E-state index is 0.00231. The molecular formula is C27H22N4O4. The normalized spacial score (nSPS) is 14.6. The maximum atomic E-state index is 10.1. The topological polar surface area (TPSA) is 126 Å². The summed E-state index contributed by atoms with van der Waals surface area (Å²) in [5.74, 6) is 0.719. The van der Waals surface area contributed by atoms with E-state index in [9.17, 15) is 10.4 Å². The Hall–Kier alpha value is -4.90. The lowest BCUT2D eigenvalue weighted by Gasteiger charge is -2.24. The average molecular weight is 466 g/mol. The Bertz CT molecular complexity index is 1440. The number of rotatable bonds is 6. The van der Waals surface area contributed by atoms with Crippen LogP contribution < -0.4 is 19.9 Å². The molecule has 8 heteroatoms. The summed E-state index contributed by atoms with van der Waals surface area (Å²) in [5, 5.41) is 27.3. The first kappa shape index (κ1) is 21.9. The van der Waals surface area contributed by atoms with E-state index in [1.807, 2.05) is 54.6 Å². The number of fused-ring (bicyclic) bond motifs is 1. The average Bonchev–Trinajstić information content (AvgIpc) is 3.31. The van der Waals surface area contributed by atoms with E-state index in [4.69, 9.17) is 19.9 Å². The van der Waals surface area contributed by atoms with Crippen LogP contribution in [0.2, 0.25) is 0 Å². The minimum Gasteiger partial charge on any atom is -0.504 e. The van der Waals surface area contributed by atoms with Crippen molar-refractivity contribution < 1.29 is 19.3 Å². The Morgan fingerprint density at radius 3 is 2.60 bits per heavy atom. The Morgan fingerprint density at radius 2 is 1.89 bits per heavy atom. The Morgan fingerprint density at radius 1 is 1.11 bits per heavy atom. The molecule has 0 fully saturated rings. The second kappa shape index (κ2) is 9.15. The fourth-order valence-electron chi connectivity index (χ4n) is 4.13. The minimum atomic E-state index is -0.569. The van der Waals surface area contributed by atoms with Crippen LogP contribution in [0.15, 0.2) is 84.3 Å². The first-order valence-corrected chi connectivity index (χ1v) is 10.9. The molecule has 2 heterocycles. The lowest BCUT2D eigenvalue weighted by Crippen LogP contribution is -2.21. The van der Waals surface area contributed by atoms with Gasteiger partial charge in [-0.15, -0.1) is 5.10 Å². The molecule has 0 saturated heterocycles. The number of nitrogens with zero attached hydrogens (tertiary/aromatic N) is 2. The number of nitriles is 1. The van der Waals surface area contributed by atoms with Gasteiger partial charge in [-0.3, -0.25) is 5.10 Å². The van der Waals surface area contributed by atoms with Gasteiger partial charge in [-0.1, -0.05) is 36.4 Å². The first-order chi connectivity index (χ1) is 17.1. The number of aromatic nitrogens is 2. The van der Waals surface area contributed by atoms with Crippen molar-refractivity contribution in [2.75, 3.05) is 7.11 Å². The van der Waals surface area contributed by atoms with Crippen LogP contribution in [0.4, 0.5) is 0 Å². The highest BCUT2D eigenvalue weighted by Gasteiger charge is 2.36. The van der Waals surface area contributed by atoms with Gasteiger partial charge in [-0.2, -0.15) is 5.26 Å². The maximum Gasteiger partial charge on any atom is 0.244 e. The summed E-state index contributed by atoms with van der Waals surface area (Å²) < 4.78 is 16.8. The largest absolute Gasteiger partial charge is 0.504 e. The maximum absolute atomic E-state index is 10.1. The van der Waals surface area contributed by atoms with Crippen LogP contribution in [0.25, 0.3) is 11.3 Å². The Balaban J connectivity index is 1.51. The summed E-state index contributed by atoms with van der Waals surface area (Å²) in [6, 6.07) is 24.6. The van der Waals surface area contributed by atoms with Crippen molar-refractivity contribution in [2.45, 2.75) is 12.5 Å². The molecule has 35 heavy (non-hydrogen) atoms. The molecule has 0 unspecified atom stereocenters. The molecule has 1 aliphatic heterocycles. The molecule has 1 atom stereocenters. The summed E-state index contributed by atoms with van der Waals surface area (Å²) in [6.45, 7) is 0.466. The summed E-state index contributed by atoms with van der Waals surface area (Å²) >= 11 is 0. The number of H-pyrrole nitrogens is 1. The molecule has 0 radical (unpaired) electrons. The highest BCUT2D eigenvalue weighted by molar-refractivity contribution is 5.71. The number of aromatic amines is 1. The van der Waals surface area contributed by atoms with E-state index in [1.165, 1.54) is 13.2 Å². The van der Waals surface area contributed by atoms with Gasteiger partial charge in [0, 0.05) is 5.56 Å². The van der Waals surface area contributed by atoms with Crippen molar-refractivity contribution in [1.82, 2.24) is 10.2 Å². The van der Waals surface area contributed by atoms with Gasteiger partial charge in [0.25, 0.3) is 0 Å². The van der Waals surface area contributed by atoms with Gasteiger partial charge in [0.05, 0.1) is 24.3 Å². The third kappa shape index (κ3) is 4.11. The highest BCUT2D eigenvalue weighted by Crippen LogP contribution is 2.47. The van der Waals surface area contributed by atoms with Crippen molar-refractivity contribution in [3.8, 4) is 40.5 Å². The van der Waals surface area contributed by atoms with Gasteiger partial charge in [-0.25, -0.2) is 0 Å². The lowest BCUT2D eigenvalue weighted by molar-refractivity contribution is 0.306. The molecule has 0 spiro atoms. The number of hydrogen-bond donors (Lipinski definition) is 3.